The molecule has 0 heterocycles. The smallest absolute Gasteiger partial charge is 0.341 e. The highest BCUT2D eigenvalue weighted by atomic mass is 32.2. The fourth-order valence-electron chi connectivity index (χ4n) is 2.11. The summed E-state index contributed by atoms with van der Waals surface area (Å²) in [5.74, 6) is -0.179. The average molecular weight is 349 g/mol. The van der Waals surface area contributed by atoms with Crippen molar-refractivity contribution in [2.24, 2.45) is 0 Å². The van der Waals surface area contributed by atoms with E-state index in [4.69, 9.17) is 9.47 Å². The number of hydrogen-bond donors (Lipinski definition) is 1. The van der Waals surface area contributed by atoms with Crippen LogP contribution in [0.1, 0.15) is 21.5 Å². The zero-order valence-electron chi connectivity index (χ0n) is 13.7. The molecule has 0 amide bonds. The Labute approximate surface area is 141 Å². The third-order valence-corrected chi connectivity index (χ3v) is 4.88. The first-order chi connectivity index (χ1) is 11.4. The molecule has 0 unspecified atom stereocenters. The van der Waals surface area contributed by atoms with Crippen LogP contribution in [0.4, 0.5) is 0 Å². The minimum Gasteiger partial charge on any atom is -0.496 e. The van der Waals surface area contributed by atoms with Crippen molar-refractivity contribution >= 4 is 16.0 Å². The quantitative estimate of drug-likeness (QED) is 0.809. The van der Waals surface area contributed by atoms with E-state index < -0.39 is 16.0 Å². The molecule has 0 saturated carbocycles. The van der Waals surface area contributed by atoms with Crippen molar-refractivity contribution in [2.45, 2.75) is 18.4 Å². The van der Waals surface area contributed by atoms with Gasteiger partial charge in [0.2, 0.25) is 10.0 Å². The van der Waals surface area contributed by atoms with Gasteiger partial charge < -0.3 is 9.47 Å². The average Bonchev–Trinajstić information content (AvgIpc) is 2.59. The summed E-state index contributed by atoms with van der Waals surface area (Å²) in [5, 5.41) is 0. The van der Waals surface area contributed by atoms with Crippen molar-refractivity contribution in [3.05, 3.63) is 59.2 Å². The second kappa shape index (κ2) is 7.46. The highest BCUT2D eigenvalue weighted by molar-refractivity contribution is 7.89. The van der Waals surface area contributed by atoms with Crippen LogP contribution in [-0.2, 0) is 21.3 Å². The van der Waals surface area contributed by atoms with Gasteiger partial charge >= 0.3 is 5.97 Å². The molecule has 0 atom stereocenters. The number of benzene rings is 2. The van der Waals surface area contributed by atoms with Crippen LogP contribution in [-0.4, -0.2) is 28.6 Å². The molecule has 0 saturated heterocycles. The summed E-state index contributed by atoms with van der Waals surface area (Å²) in [6, 6.07) is 11.4. The molecule has 0 aliphatic rings. The molecule has 0 aliphatic heterocycles. The van der Waals surface area contributed by atoms with Crippen LogP contribution >= 0.6 is 0 Å². The van der Waals surface area contributed by atoms with Crippen molar-refractivity contribution in [1.82, 2.24) is 4.72 Å². The van der Waals surface area contributed by atoms with Gasteiger partial charge in [0.25, 0.3) is 0 Å². The molecule has 0 spiro atoms. The summed E-state index contributed by atoms with van der Waals surface area (Å²) in [5.41, 5.74) is 1.84. The summed E-state index contributed by atoms with van der Waals surface area (Å²) >= 11 is 0. The van der Waals surface area contributed by atoms with E-state index in [1.165, 1.54) is 14.2 Å². The normalized spacial score (nSPS) is 11.1. The Hall–Kier alpha value is -2.38. The summed E-state index contributed by atoms with van der Waals surface area (Å²) < 4.78 is 36.9. The standard InChI is InChI=1S/C17H19NO5S/c1-12-4-7-14(8-5-12)24(20,21)18-11-13-6-9-16(22-2)15(10-13)17(19)23-3/h4-10,18H,11H2,1-3H3. The maximum absolute atomic E-state index is 12.3. The molecule has 2 rings (SSSR count). The third kappa shape index (κ3) is 4.12. The van der Waals surface area contributed by atoms with E-state index in [1.807, 2.05) is 6.92 Å². The molecular formula is C17H19NO5S. The van der Waals surface area contributed by atoms with Crippen LogP contribution in [0.25, 0.3) is 0 Å². The number of ether oxygens (including phenoxy) is 2. The lowest BCUT2D eigenvalue weighted by molar-refractivity contribution is 0.0597. The van der Waals surface area contributed by atoms with Gasteiger partial charge in [-0.3, -0.25) is 0 Å². The lowest BCUT2D eigenvalue weighted by atomic mass is 10.1. The third-order valence-electron chi connectivity index (χ3n) is 3.47. The molecule has 7 heteroatoms. The van der Waals surface area contributed by atoms with Gasteiger partial charge in [0, 0.05) is 6.54 Å². The van der Waals surface area contributed by atoms with Crippen molar-refractivity contribution in [3.63, 3.8) is 0 Å². The Balaban J connectivity index is 2.19. The van der Waals surface area contributed by atoms with E-state index >= 15 is 0 Å². The van der Waals surface area contributed by atoms with Gasteiger partial charge in [-0.2, -0.15) is 0 Å². The lowest BCUT2D eigenvalue weighted by Crippen LogP contribution is -2.23. The van der Waals surface area contributed by atoms with Crippen LogP contribution in [0.3, 0.4) is 0 Å². The van der Waals surface area contributed by atoms with E-state index in [0.29, 0.717) is 11.3 Å². The number of sulfonamides is 1. The highest BCUT2D eigenvalue weighted by Gasteiger charge is 2.16. The van der Waals surface area contributed by atoms with Gasteiger partial charge in [0.1, 0.15) is 11.3 Å². The van der Waals surface area contributed by atoms with Crippen molar-refractivity contribution < 1.29 is 22.7 Å². The second-order valence-electron chi connectivity index (χ2n) is 5.16. The number of rotatable bonds is 6. The van der Waals surface area contributed by atoms with E-state index in [1.54, 1.807) is 42.5 Å². The largest absolute Gasteiger partial charge is 0.496 e. The second-order valence-corrected chi connectivity index (χ2v) is 6.93. The summed E-state index contributed by atoms with van der Waals surface area (Å²) in [4.78, 5) is 11.9. The van der Waals surface area contributed by atoms with Crippen LogP contribution in [0.5, 0.6) is 5.75 Å². The Morgan fingerprint density at radius 3 is 2.33 bits per heavy atom. The van der Waals surface area contributed by atoms with Gasteiger partial charge in [-0.1, -0.05) is 23.8 Å². The number of carbonyl (C=O) groups excluding carboxylic acids is 1. The molecule has 0 fully saturated rings. The number of aryl methyl sites for hydroxylation is 1. The van der Waals surface area contributed by atoms with Gasteiger partial charge in [-0.15, -0.1) is 0 Å². The summed E-state index contributed by atoms with van der Waals surface area (Å²) in [6.07, 6.45) is 0. The molecule has 2 aromatic rings. The zero-order valence-corrected chi connectivity index (χ0v) is 14.5. The maximum Gasteiger partial charge on any atom is 0.341 e. The molecule has 0 aromatic heterocycles. The van der Waals surface area contributed by atoms with E-state index in [2.05, 4.69) is 4.72 Å². The number of esters is 1. The van der Waals surface area contributed by atoms with Crippen LogP contribution < -0.4 is 9.46 Å². The number of nitrogens with one attached hydrogen (secondary N) is 1. The predicted octanol–water partition coefficient (Wildman–Crippen LogP) is 2.27. The fourth-order valence-corrected chi connectivity index (χ4v) is 3.13. The Kier molecular flexibility index (Phi) is 5.58. The van der Waals surface area contributed by atoms with Gasteiger partial charge in [0.05, 0.1) is 19.1 Å². The molecule has 24 heavy (non-hydrogen) atoms. The van der Waals surface area contributed by atoms with Gasteiger partial charge in [0.15, 0.2) is 0 Å². The first-order valence-corrected chi connectivity index (χ1v) is 8.67. The van der Waals surface area contributed by atoms with Gasteiger partial charge in [-0.25, -0.2) is 17.9 Å². The van der Waals surface area contributed by atoms with Crippen molar-refractivity contribution in [2.75, 3.05) is 14.2 Å². The minimum atomic E-state index is -3.63. The zero-order chi connectivity index (χ0) is 17.7. The van der Waals surface area contributed by atoms with Crippen LogP contribution in [0.15, 0.2) is 47.4 Å². The first-order valence-electron chi connectivity index (χ1n) is 7.19. The molecule has 128 valence electrons. The molecule has 0 radical (unpaired) electrons. The molecule has 6 nitrogen and oxygen atoms in total. The minimum absolute atomic E-state index is 0.0458. The molecule has 2 aromatic carbocycles. The SMILES string of the molecule is COC(=O)c1cc(CNS(=O)(=O)c2ccc(C)cc2)ccc1OC. The van der Waals surface area contributed by atoms with Crippen LogP contribution in [0.2, 0.25) is 0 Å². The van der Waals surface area contributed by atoms with Crippen molar-refractivity contribution in [1.29, 1.82) is 0 Å². The maximum atomic E-state index is 12.3. The topological polar surface area (TPSA) is 81.7 Å². The number of methoxy groups -OCH3 is 2. The van der Waals surface area contributed by atoms with Crippen LogP contribution in [0, 0.1) is 6.92 Å². The molecule has 0 aliphatic carbocycles. The summed E-state index contributed by atoms with van der Waals surface area (Å²) in [7, 11) is -0.909. The lowest BCUT2D eigenvalue weighted by Gasteiger charge is -2.11. The molecule has 0 bridgehead atoms. The predicted molar refractivity (Wildman–Crippen MR) is 89.5 cm³/mol. The first kappa shape index (κ1) is 18.0. The molecule has 1 N–H and O–H groups in total. The Morgan fingerprint density at radius 1 is 1.08 bits per heavy atom. The summed E-state index contributed by atoms with van der Waals surface area (Å²) in [6.45, 7) is 1.93. The van der Waals surface area contributed by atoms with E-state index in [0.717, 1.165) is 5.56 Å². The number of carbonyl (C=O) groups is 1. The number of hydrogen-bond acceptors (Lipinski definition) is 5. The van der Waals surface area contributed by atoms with E-state index in [-0.39, 0.29) is 17.0 Å². The van der Waals surface area contributed by atoms with E-state index in [9.17, 15) is 13.2 Å². The van der Waals surface area contributed by atoms with Crippen molar-refractivity contribution in [3.8, 4) is 5.75 Å². The monoisotopic (exact) mass is 349 g/mol. The van der Waals surface area contributed by atoms with Gasteiger partial charge in [-0.05, 0) is 36.8 Å². The Morgan fingerprint density at radius 2 is 1.75 bits per heavy atom. The highest BCUT2D eigenvalue weighted by Crippen LogP contribution is 2.21. The fraction of sp³-hybridized carbons (Fsp3) is 0.235. The Bertz CT molecular complexity index is 829. The molecular weight excluding hydrogens is 330 g/mol.